The topological polar surface area (TPSA) is 56.9 Å². The summed E-state index contributed by atoms with van der Waals surface area (Å²) >= 11 is 5.73. The van der Waals surface area contributed by atoms with Gasteiger partial charge in [-0.05, 0) is 55.0 Å². The molecule has 4 aromatic rings. The molecule has 35 heavy (non-hydrogen) atoms. The smallest absolute Gasteiger partial charge is 0.173 e. The van der Waals surface area contributed by atoms with Crippen molar-refractivity contribution in [1.29, 1.82) is 5.26 Å². The van der Waals surface area contributed by atoms with E-state index in [4.69, 9.17) is 17.5 Å². The van der Waals surface area contributed by atoms with Crippen LogP contribution < -0.4 is 5.32 Å². The summed E-state index contributed by atoms with van der Waals surface area (Å²) in [5, 5.41) is 12.8. The highest BCUT2D eigenvalue weighted by atomic mass is 32.1. The molecule has 1 aromatic heterocycles. The molecule has 0 aliphatic carbocycles. The first-order valence-corrected chi connectivity index (χ1v) is 11.8. The van der Waals surface area contributed by atoms with E-state index in [0.29, 0.717) is 42.3 Å². The van der Waals surface area contributed by atoms with Crippen molar-refractivity contribution in [2.24, 2.45) is 0 Å². The van der Waals surface area contributed by atoms with Crippen molar-refractivity contribution in [2.45, 2.75) is 26.4 Å². The Hall–Kier alpha value is -4.02. The highest BCUT2D eigenvalue weighted by Crippen LogP contribution is 2.15. The zero-order valence-corrected chi connectivity index (χ0v) is 20.3. The van der Waals surface area contributed by atoms with Gasteiger partial charge in [-0.2, -0.15) is 5.26 Å². The number of halogens is 1. The van der Waals surface area contributed by atoms with Crippen molar-refractivity contribution in [3.05, 3.63) is 119 Å². The van der Waals surface area contributed by atoms with Gasteiger partial charge < -0.3 is 14.8 Å². The number of nitriles is 1. The van der Waals surface area contributed by atoms with Gasteiger partial charge in [0.1, 0.15) is 5.82 Å². The normalized spacial score (nSPS) is 10.5. The first kappa shape index (κ1) is 24.1. The zero-order chi connectivity index (χ0) is 24.6. The molecule has 0 radical (unpaired) electrons. The minimum atomic E-state index is -0.249. The van der Waals surface area contributed by atoms with Crippen molar-refractivity contribution in [3.63, 3.8) is 0 Å². The molecule has 0 aliphatic heterocycles. The van der Waals surface area contributed by atoms with Crippen LogP contribution in [0.4, 0.5) is 10.1 Å². The second-order valence-electron chi connectivity index (χ2n) is 8.38. The van der Waals surface area contributed by atoms with Crippen LogP contribution >= 0.6 is 12.2 Å². The molecule has 5 nitrogen and oxygen atoms in total. The largest absolute Gasteiger partial charge is 0.344 e. The molecule has 1 heterocycles. The standard InChI is InChI=1S/C28H26FN5S/c1-21-6-12-25(13-7-21)32-28(35)33(19-24-4-2-3-5-27(24)29)15-14-26-17-31-20-34(26)18-23-10-8-22(16-30)9-11-23/h2-13,17,20H,14-15,18-19H2,1H3,(H,32,35). The first-order valence-electron chi connectivity index (χ1n) is 11.4. The summed E-state index contributed by atoms with van der Waals surface area (Å²) < 4.78 is 16.5. The Morgan fingerprint density at radius 3 is 2.54 bits per heavy atom. The van der Waals surface area contributed by atoms with Crippen LogP contribution in [0.2, 0.25) is 0 Å². The molecule has 1 N–H and O–H groups in total. The van der Waals surface area contributed by atoms with Crippen LogP contribution in [0.3, 0.4) is 0 Å². The fourth-order valence-electron chi connectivity index (χ4n) is 3.75. The van der Waals surface area contributed by atoms with Crippen molar-refractivity contribution in [2.75, 3.05) is 11.9 Å². The SMILES string of the molecule is Cc1ccc(NC(=S)N(CCc2cncn2Cc2ccc(C#N)cc2)Cc2ccccc2F)cc1. The molecule has 0 atom stereocenters. The number of nitrogens with one attached hydrogen (secondary N) is 1. The van der Waals surface area contributed by atoms with E-state index >= 15 is 0 Å². The van der Waals surface area contributed by atoms with Crippen molar-refractivity contribution >= 4 is 23.0 Å². The summed E-state index contributed by atoms with van der Waals surface area (Å²) in [7, 11) is 0. The van der Waals surface area contributed by atoms with E-state index < -0.39 is 0 Å². The lowest BCUT2D eigenvalue weighted by Crippen LogP contribution is -2.36. The van der Waals surface area contributed by atoms with Crippen LogP contribution in [-0.2, 0) is 19.5 Å². The molecule has 0 bridgehead atoms. The second-order valence-corrected chi connectivity index (χ2v) is 8.77. The van der Waals surface area contributed by atoms with Gasteiger partial charge in [-0.25, -0.2) is 9.37 Å². The van der Waals surface area contributed by atoms with Crippen LogP contribution in [0.15, 0.2) is 85.3 Å². The summed E-state index contributed by atoms with van der Waals surface area (Å²) in [6.45, 7) is 3.63. The highest BCUT2D eigenvalue weighted by molar-refractivity contribution is 7.80. The Morgan fingerprint density at radius 2 is 1.83 bits per heavy atom. The van der Waals surface area contributed by atoms with Crippen LogP contribution in [0.25, 0.3) is 0 Å². The summed E-state index contributed by atoms with van der Waals surface area (Å²) in [5.74, 6) is -0.249. The van der Waals surface area contributed by atoms with Gasteiger partial charge in [0.15, 0.2) is 5.11 Å². The summed E-state index contributed by atoms with van der Waals surface area (Å²) in [6.07, 6.45) is 4.33. The lowest BCUT2D eigenvalue weighted by molar-refractivity contribution is 0.408. The second kappa shape index (κ2) is 11.4. The van der Waals surface area contributed by atoms with Gasteiger partial charge >= 0.3 is 0 Å². The molecule has 176 valence electrons. The van der Waals surface area contributed by atoms with Crippen LogP contribution in [0, 0.1) is 24.1 Å². The molecule has 0 fully saturated rings. The van der Waals surface area contributed by atoms with Crippen molar-refractivity contribution in [3.8, 4) is 6.07 Å². The minimum absolute atomic E-state index is 0.249. The third-order valence-electron chi connectivity index (χ3n) is 5.78. The number of anilines is 1. The lowest BCUT2D eigenvalue weighted by Gasteiger charge is -2.26. The molecule has 0 amide bonds. The van der Waals surface area contributed by atoms with Gasteiger partial charge in [0, 0.05) is 49.2 Å². The quantitative estimate of drug-likeness (QED) is 0.326. The summed E-state index contributed by atoms with van der Waals surface area (Å²) in [6, 6.07) is 24.5. The van der Waals surface area contributed by atoms with E-state index in [2.05, 4.69) is 20.9 Å². The van der Waals surface area contributed by atoms with E-state index in [0.717, 1.165) is 16.9 Å². The van der Waals surface area contributed by atoms with E-state index in [1.165, 1.54) is 11.6 Å². The molecular weight excluding hydrogens is 457 g/mol. The number of aromatic nitrogens is 2. The summed E-state index contributed by atoms with van der Waals surface area (Å²) in [5.41, 5.74) is 5.42. The molecule has 4 rings (SSSR count). The maximum Gasteiger partial charge on any atom is 0.173 e. The van der Waals surface area contributed by atoms with E-state index in [1.807, 2.05) is 72.6 Å². The van der Waals surface area contributed by atoms with E-state index in [1.54, 1.807) is 18.5 Å². The number of hydrogen-bond acceptors (Lipinski definition) is 3. The Labute approximate surface area is 210 Å². The number of aryl methyl sites for hydroxylation is 1. The fourth-order valence-corrected chi connectivity index (χ4v) is 4.03. The maximum atomic E-state index is 14.4. The highest BCUT2D eigenvalue weighted by Gasteiger charge is 2.15. The van der Waals surface area contributed by atoms with Gasteiger partial charge in [0.25, 0.3) is 0 Å². The average molecular weight is 484 g/mol. The van der Waals surface area contributed by atoms with Gasteiger partial charge in [-0.15, -0.1) is 0 Å². The molecule has 0 saturated carbocycles. The van der Waals surface area contributed by atoms with Crippen LogP contribution in [0.5, 0.6) is 0 Å². The third kappa shape index (κ3) is 6.52. The average Bonchev–Trinajstić information content (AvgIpc) is 3.31. The molecule has 7 heteroatoms. The predicted molar refractivity (Wildman–Crippen MR) is 140 cm³/mol. The van der Waals surface area contributed by atoms with Crippen molar-refractivity contribution < 1.29 is 4.39 Å². The predicted octanol–water partition coefficient (Wildman–Crippen LogP) is 5.69. The number of nitrogens with zero attached hydrogens (tertiary/aromatic N) is 4. The number of benzene rings is 3. The number of thiocarbonyl (C=S) groups is 1. The molecule has 3 aromatic carbocycles. The van der Waals surface area contributed by atoms with E-state index in [-0.39, 0.29) is 5.82 Å². The van der Waals surface area contributed by atoms with Gasteiger partial charge in [-0.1, -0.05) is 48.0 Å². The number of rotatable bonds is 8. The van der Waals surface area contributed by atoms with Crippen LogP contribution in [-0.4, -0.2) is 26.1 Å². The molecule has 0 unspecified atom stereocenters. The molecular formula is C28H26FN5S. The number of imidazole rings is 1. The molecule has 0 aliphatic rings. The monoisotopic (exact) mass is 483 g/mol. The third-order valence-corrected chi connectivity index (χ3v) is 6.14. The fraction of sp³-hybridized carbons (Fsp3) is 0.179. The number of hydrogen-bond donors (Lipinski definition) is 1. The Morgan fingerprint density at radius 1 is 1.09 bits per heavy atom. The van der Waals surface area contributed by atoms with Crippen LogP contribution in [0.1, 0.15) is 27.9 Å². The minimum Gasteiger partial charge on any atom is -0.344 e. The first-order chi connectivity index (χ1) is 17.0. The zero-order valence-electron chi connectivity index (χ0n) is 19.5. The summed E-state index contributed by atoms with van der Waals surface area (Å²) in [4.78, 5) is 6.31. The Balaban J connectivity index is 1.48. The van der Waals surface area contributed by atoms with Gasteiger partial charge in [0.2, 0.25) is 0 Å². The Bertz CT molecular complexity index is 1320. The lowest BCUT2D eigenvalue weighted by atomic mass is 10.1. The molecule has 0 saturated heterocycles. The Kier molecular flexibility index (Phi) is 7.86. The molecule has 0 spiro atoms. The maximum absolute atomic E-state index is 14.4. The van der Waals surface area contributed by atoms with Gasteiger partial charge in [-0.3, -0.25) is 0 Å². The van der Waals surface area contributed by atoms with Gasteiger partial charge in [0.05, 0.1) is 18.0 Å². The van der Waals surface area contributed by atoms with E-state index in [9.17, 15) is 4.39 Å². The van der Waals surface area contributed by atoms with Crippen molar-refractivity contribution in [1.82, 2.24) is 14.5 Å².